The molecule has 0 radical (unpaired) electrons. The minimum atomic E-state index is -0.262. The summed E-state index contributed by atoms with van der Waals surface area (Å²) >= 11 is 6.13. The summed E-state index contributed by atoms with van der Waals surface area (Å²) in [7, 11) is 0. The molecule has 0 unspecified atom stereocenters. The average molecular weight is 363 g/mol. The second kappa shape index (κ2) is 7.68. The van der Waals surface area contributed by atoms with Crippen LogP contribution < -0.4 is 10.6 Å². The van der Waals surface area contributed by atoms with Gasteiger partial charge in [-0.2, -0.15) is 5.26 Å². The Hall–Kier alpha value is -3.36. The molecule has 0 aliphatic heterocycles. The molecule has 6 heteroatoms. The topological polar surface area (TPSA) is 77.8 Å². The molecule has 1 aromatic heterocycles. The molecule has 0 bridgehead atoms. The van der Waals surface area contributed by atoms with Crippen molar-refractivity contribution in [2.24, 2.45) is 0 Å². The number of nitrogens with zero attached hydrogens (tertiary/aromatic N) is 2. The summed E-state index contributed by atoms with van der Waals surface area (Å²) < 4.78 is 0. The Morgan fingerprint density at radius 3 is 2.50 bits per heavy atom. The molecule has 3 aromatic rings. The average Bonchev–Trinajstić information content (AvgIpc) is 2.65. The predicted octanol–water partition coefficient (Wildman–Crippen LogP) is 4.91. The Morgan fingerprint density at radius 1 is 1.08 bits per heavy atom. The van der Waals surface area contributed by atoms with Gasteiger partial charge in [0, 0.05) is 28.2 Å². The van der Waals surface area contributed by atoms with Crippen LogP contribution in [0.25, 0.3) is 0 Å². The molecule has 0 aliphatic carbocycles. The fraction of sp³-hybridized carbons (Fsp3) is 0.0500. The van der Waals surface area contributed by atoms with E-state index in [0.717, 1.165) is 11.3 Å². The van der Waals surface area contributed by atoms with Crippen molar-refractivity contribution in [1.29, 1.82) is 5.26 Å². The lowest BCUT2D eigenvalue weighted by Gasteiger charge is -2.09. The Labute approximate surface area is 156 Å². The minimum Gasteiger partial charge on any atom is -0.340 e. The van der Waals surface area contributed by atoms with Crippen LogP contribution in [-0.2, 0) is 0 Å². The zero-order chi connectivity index (χ0) is 18.5. The van der Waals surface area contributed by atoms with E-state index in [4.69, 9.17) is 16.9 Å². The number of anilines is 3. The molecule has 128 valence electrons. The number of carbonyl (C=O) groups excluding carboxylic acids is 1. The van der Waals surface area contributed by atoms with Gasteiger partial charge in [-0.05, 0) is 61.0 Å². The van der Waals surface area contributed by atoms with E-state index >= 15 is 0 Å². The summed E-state index contributed by atoms with van der Waals surface area (Å²) in [5.74, 6) is 0.277. The summed E-state index contributed by atoms with van der Waals surface area (Å²) in [6.07, 6.45) is 1.56. The summed E-state index contributed by atoms with van der Waals surface area (Å²) in [6.45, 7) is 1.93. The number of benzene rings is 2. The molecular formula is C20H15ClN4O. The lowest BCUT2D eigenvalue weighted by Crippen LogP contribution is -2.12. The predicted molar refractivity (Wildman–Crippen MR) is 103 cm³/mol. The van der Waals surface area contributed by atoms with Crippen LogP contribution in [0.1, 0.15) is 21.5 Å². The zero-order valence-electron chi connectivity index (χ0n) is 14.0. The molecule has 0 atom stereocenters. The highest BCUT2D eigenvalue weighted by molar-refractivity contribution is 6.31. The Morgan fingerprint density at radius 2 is 1.81 bits per heavy atom. The molecule has 1 amide bonds. The number of pyridine rings is 1. The Kier molecular flexibility index (Phi) is 5.16. The largest absolute Gasteiger partial charge is 0.340 e. The first-order valence-electron chi connectivity index (χ1n) is 7.86. The smallest absolute Gasteiger partial charge is 0.255 e. The van der Waals surface area contributed by atoms with Crippen molar-refractivity contribution < 1.29 is 4.79 Å². The Bertz CT molecular complexity index is 993. The highest BCUT2D eigenvalue weighted by atomic mass is 35.5. The van der Waals surface area contributed by atoms with E-state index < -0.39 is 0 Å². The number of nitriles is 1. The quantitative estimate of drug-likeness (QED) is 0.691. The minimum absolute atomic E-state index is 0.262. The highest BCUT2D eigenvalue weighted by Crippen LogP contribution is 2.23. The third-order valence-corrected chi connectivity index (χ3v) is 4.15. The van der Waals surface area contributed by atoms with Crippen LogP contribution >= 0.6 is 11.6 Å². The van der Waals surface area contributed by atoms with Gasteiger partial charge >= 0.3 is 0 Å². The monoisotopic (exact) mass is 362 g/mol. The molecule has 0 aliphatic rings. The van der Waals surface area contributed by atoms with Gasteiger partial charge in [-0.25, -0.2) is 4.98 Å². The van der Waals surface area contributed by atoms with Gasteiger partial charge in [0.15, 0.2) is 0 Å². The van der Waals surface area contributed by atoms with Crippen LogP contribution in [0.5, 0.6) is 0 Å². The number of aryl methyl sites for hydroxylation is 1. The van der Waals surface area contributed by atoms with Crippen LogP contribution in [0.2, 0.25) is 5.02 Å². The molecule has 0 saturated carbocycles. The van der Waals surface area contributed by atoms with Crippen molar-refractivity contribution in [2.45, 2.75) is 6.92 Å². The zero-order valence-corrected chi connectivity index (χ0v) is 14.7. The molecule has 2 N–H and O–H groups in total. The molecular weight excluding hydrogens is 348 g/mol. The number of carbonyl (C=O) groups is 1. The molecule has 26 heavy (non-hydrogen) atoms. The van der Waals surface area contributed by atoms with Crippen LogP contribution in [0.4, 0.5) is 17.2 Å². The van der Waals surface area contributed by atoms with Gasteiger partial charge in [0.1, 0.15) is 5.82 Å². The number of halogens is 1. The van der Waals surface area contributed by atoms with Crippen molar-refractivity contribution in [3.8, 4) is 6.07 Å². The third-order valence-electron chi connectivity index (χ3n) is 3.74. The number of hydrogen-bond acceptors (Lipinski definition) is 4. The summed E-state index contributed by atoms with van der Waals surface area (Å²) in [5, 5.41) is 15.4. The van der Waals surface area contributed by atoms with Gasteiger partial charge in [-0.3, -0.25) is 4.79 Å². The molecule has 0 spiro atoms. The molecule has 2 aromatic carbocycles. The summed E-state index contributed by atoms with van der Waals surface area (Å²) in [6, 6.07) is 17.6. The fourth-order valence-electron chi connectivity index (χ4n) is 2.29. The Balaban J connectivity index is 1.74. The molecule has 1 heterocycles. The second-order valence-corrected chi connectivity index (χ2v) is 6.07. The van der Waals surface area contributed by atoms with Gasteiger partial charge in [0.25, 0.3) is 5.91 Å². The highest BCUT2D eigenvalue weighted by Gasteiger charge is 2.08. The van der Waals surface area contributed by atoms with Crippen LogP contribution in [-0.4, -0.2) is 10.9 Å². The van der Waals surface area contributed by atoms with Crippen molar-refractivity contribution in [3.05, 3.63) is 82.5 Å². The van der Waals surface area contributed by atoms with Crippen molar-refractivity contribution >= 4 is 34.7 Å². The maximum Gasteiger partial charge on any atom is 0.255 e. The van der Waals surface area contributed by atoms with Crippen molar-refractivity contribution in [3.63, 3.8) is 0 Å². The first-order chi connectivity index (χ1) is 12.5. The van der Waals surface area contributed by atoms with Gasteiger partial charge < -0.3 is 10.6 Å². The number of aromatic nitrogens is 1. The van der Waals surface area contributed by atoms with Crippen molar-refractivity contribution in [2.75, 3.05) is 10.6 Å². The first-order valence-corrected chi connectivity index (χ1v) is 8.24. The lowest BCUT2D eigenvalue weighted by molar-refractivity contribution is 0.102. The van der Waals surface area contributed by atoms with Crippen molar-refractivity contribution in [1.82, 2.24) is 4.98 Å². The normalized spacial score (nSPS) is 10.0. The molecule has 3 rings (SSSR count). The SMILES string of the molecule is Cc1ccc(Nc2cc(C(=O)Nc3ccc(C#N)cc3)ccn2)cc1Cl. The standard InChI is InChI=1S/C20H15ClN4O/c1-13-2-5-17(11-18(13)21)24-19-10-15(8-9-23-19)20(26)25-16-6-3-14(12-22)4-7-16/h2-11H,1H3,(H,23,24)(H,25,26). The number of nitrogens with one attached hydrogen (secondary N) is 2. The third kappa shape index (κ3) is 4.18. The maximum absolute atomic E-state index is 12.4. The van der Waals surface area contributed by atoms with Crippen LogP contribution in [0, 0.1) is 18.3 Å². The number of rotatable bonds is 4. The number of hydrogen-bond donors (Lipinski definition) is 2. The van der Waals surface area contributed by atoms with E-state index in [0.29, 0.717) is 27.7 Å². The molecule has 0 fully saturated rings. The van der Waals surface area contributed by atoms with Gasteiger partial charge in [0.05, 0.1) is 11.6 Å². The van der Waals surface area contributed by atoms with E-state index in [-0.39, 0.29) is 5.91 Å². The fourth-order valence-corrected chi connectivity index (χ4v) is 2.47. The first kappa shape index (κ1) is 17.5. The van der Waals surface area contributed by atoms with Crippen LogP contribution in [0.15, 0.2) is 60.8 Å². The van der Waals surface area contributed by atoms with E-state index in [1.165, 1.54) is 0 Å². The summed E-state index contributed by atoms with van der Waals surface area (Å²) in [5.41, 5.74) is 3.39. The lowest BCUT2D eigenvalue weighted by atomic mass is 10.2. The van der Waals surface area contributed by atoms with E-state index in [2.05, 4.69) is 15.6 Å². The number of amides is 1. The molecule has 5 nitrogen and oxygen atoms in total. The second-order valence-electron chi connectivity index (χ2n) is 5.66. The van der Waals surface area contributed by atoms with E-state index in [9.17, 15) is 4.79 Å². The van der Waals surface area contributed by atoms with Crippen LogP contribution in [0.3, 0.4) is 0 Å². The van der Waals surface area contributed by atoms with Gasteiger partial charge in [0.2, 0.25) is 0 Å². The summed E-state index contributed by atoms with van der Waals surface area (Å²) in [4.78, 5) is 16.6. The van der Waals surface area contributed by atoms with E-state index in [1.54, 1.807) is 42.6 Å². The van der Waals surface area contributed by atoms with E-state index in [1.807, 2.05) is 31.2 Å². The molecule has 0 saturated heterocycles. The van der Waals surface area contributed by atoms with Gasteiger partial charge in [-0.1, -0.05) is 17.7 Å². The van der Waals surface area contributed by atoms with Gasteiger partial charge in [-0.15, -0.1) is 0 Å². The maximum atomic E-state index is 12.4.